The summed E-state index contributed by atoms with van der Waals surface area (Å²) in [5, 5.41) is 1.24. The third-order valence-corrected chi connectivity index (χ3v) is 6.17. The normalized spacial score (nSPS) is 11.7. The Morgan fingerprint density at radius 2 is 1.64 bits per heavy atom. The van der Waals surface area contributed by atoms with Crippen molar-refractivity contribution in [1.82, 2.24) is 4.98 Å². The van der Waals surface area contributed by atoms with E-state index in [1.807, 2.05) is 19.1 Å². The van der Waals surface area contributed by atoms with Crippen molar-refractivity contribution in [3.8, 4) is 0 Å². The van der Waals surface area contributed by atoms with E-state index in [-0.39, 0.29) is 15.6 Å². The summed E-state index contributed by atoms with van der Waals surface area (Å²) in [5.41, 5.74) is 2.98. The molecule has 1 aromatic heterocycles. The first-order valence-corrected chi connectivity index (χ1v) is 9.78. The molecule has 7 heteroatoms. The van der Waals surface area contributed by atoms with Gasteiger partial charge in [-0.3, -0.25) is 9.71 Å². The van der Waals surface area contributed by atoms with Gasteiger partial charge in [0.25, 0.3) is 10.0 Å². The maximum atomic E-state index is 13.0. The molecule has 0 bridgehead atoms. The Hall–Kier alpha value is -1.82. The number of hydrogen-bond acceptors (Lipinski definition) is 3. The predicted octanol–water partition coefficient (Wildman–Crippen LogP) is 5.27. The number of aryl methyl sites for hydroxylation is 3. The number of hydrogen-bond donors (Lipinski definition) is 1. The monoisotopic (exact) mass is 394 g/mol. The van der Waals surface area contributed by atoms with Crippen molar-refractivity contribution < 1.29 is 8.42 Å². The van der Waals surface area contributed by atoms with Gasteiger partial charge in [-0.15, -0.1) is 0 Å². The van der Waals surface area contributed by atoms with E-state index >= 15 is 0 Å². The van der Waals surface area contributed by atoms with E-state index in [0.29, 0.717) is 27.1 Å². The van der Waals surface area contributed by atoms with Crippen molar-refractivity contribution in [3.05, 3.63) is 63.3 Å². The lowest BCUT2D eigenvalue weighted by Crippen LogP contribution is -2.16. The van der Waals surface area contributed by atoms with Crippen LogP contribution in [-0.2, 0) is 10.0 Å². The molecule has 1 heterocycles. The van der Waals surface area contributed by atoms with Crippen molar-refractivity contribution in [3.63, 3.8) is 0 Å². The second kappa shape index (κ2) is 6.48. The number of nitrogens with one attached hydrogen (secondary N) is 1. The molecule has 0 unspecified atom stereocenters. The summed E-state index contributed by atoms with van der Waals surface area (Å²) in [4.78, 5) is 4.49. The summed E-state index contributed by atoms with van der Waals surface area (Å²) in [5.74, 6) is 0. The minimum Gasteiger partial charge on any atom is -0.276 e. The fraction of sp³-hybridized carbons (Fsp3) is 0.167. The van der Waals surface area contributed by atoms with Crippen LogP contribution in [0.3, 0.4) is 0 Å². The molecule has 0 amide bonds. The van der Waals surface area contributed by atoms with Crippen molar-refractivity contribution in [2.45, 2.75) is 25.7 Å². The van der Waals surface area contributed by atoms with E-state index in [9.17, 15) is 8.42 Å². The molecule has 0 atom stereocenters. The van der Waals surface area contributed by atoms with E-state index in [1.54, 1.807) is 32.2 Å². The van der Waals surface area contributed by atoms with Crippen molar-refractivity contribution in [2.75, 3.05) is 4.72 Å². The van der Waals surface area contributed by atoms with Gasteiger partial charge in [-0.05, 0) is 50.1 Å². The van der Waals surface area contributed by atoms with Gasteiger partial charge in [0.05, 0.1) is 26.1 Å². The van der Waals surface area contributed by atoms with Crippen LogP contribution < -0.4 is 4.72 Å². The Morgan fingerprint density at radius 3 is 2.28 bits per heavy atom. The molecule has 3 aromatic rings. The van der Waals surface area contributed by atoms with E-state index in [0.717, 1.165) is 5.56 Å². The second-order valence-electron chi connectivity index (χ2n) is 5.95. The number of halogens is 2. The summed E-state index contributed by atoms with van der Waals surface area (Å²) in [6, 6.07) is 8.68. The number of pyridine rings is 1. The smallest absolute Gasteiger partial charge is 0.262 e. The lowest BCUT2D eigenvalue weighted by Gasteiger charge is -2.16. The Bertz CT molecular complexity index is 1070. The van der Waals surface area contributed by atoms with Crippen LogP contribution in [-0.4, -0.2) is 13.4 Å². The highest BCUT2D eigenvalue weighted by Crippen LogP contribution is 2.36. The number of benzene rings is 2. The zero-order chi connectivity index (χ0) is 18.4. The summed E-state index contributed by atoms with van der Waals surface area (Å²) >= 11 is 12.4. The van der Waals surface area contributed by atoms with Gasteiger partial charge < -0.3 is 0 Å². The van der Waals surface area contributed by atoms with Crippen molar-refractivity contribution in [1.29, 1.82) is 0 Å². The maximum Gasteiger partial charge on any atom is 0.262 e. The molecule has 3 rings (SSSR count). The lowest BCUT2D eigenvalue weighted by molar-refractivity contribution is 0.600. The Kier molecular flexibility index (Phi) is 4.66. The number of rotatable bonds is 3. The van der Waals surface area contributed by atoms with E-state index in [4.69, 9.17) is 23.2 Å². The number of fused-ring (bicyclic) bond motifs is 1. The molecular weight excluding hydrogens is 379 g/mol. The van der Waals surface area contributed by atoms with E-state index in [2.05, 4.69) is 9.71 Å². The third-order valence-electron chi connectivity index (χ3n) is 3.90. The maximum absolute atomic E-state index is 13.0. The topological polar surface area (TPSA) is 59.1 Å². The Labute approximate surface area is 156 Å². The van der Waals surface area contributed by atoms with Crippen LogP contribution in [0.1, 0.15) is 16.7 Å². The third kappa shape index (κ3) is 3.32. The Morgan fingerprint density at radius 1 is 1.00 bits per heavy atom. The molecule has 2 aromatic carbocycles. The van der Waals surface area contributed by atoms with Crippen molar-refractivity contribution in [2.24, 2.45) is 0 Å². The fourth-order valence-electron chi connectivity index (χ4n) is 3.04. The zero-order valence-electron chi connectivity index (χ0n) is 13.9. The quantitative estimate of drug-likeness (QED) is 0.658. The van der Waals surface area contributed by atoms with Gasteiger partial charge in [0.1, 0.15) is 0 Å². The van der Waals surface area contributed by atoms with Gasteiger partial charge in [0, 0.05) is 11.6 Å². The van der Waals surface area contributed by atoms with Crippen LogP contribution in [0.15, 0.2) is 41.4 Å². The molecular formula is C18H16Cl2N2O2S. The van der Waals surface area contributed by atoms with Gasteiger partial charge in [-0.2, -0.15) is 0 Å². The second-order valence-corrected chi connectivity index (χ2v) is 8.38. The molecule has 0 aliphatic carbocycles. The molecule has 0 saturated heterocycles. The summed E-state index contributed by atoms with van der Waals surface area (Å²) in [6.07, 6.45) is 1.56. The van der Waals surface area contributed by atoms with Crippen LogP contribution in [0, 0.1) is 20.8 Å². The standard InChI is InChI=1S/C18H16Cl2N2O2S/c1-10-7-11(2)18(12(3)8-10)25(23,24)22-17-15(20)9-14(19)13-5-4-6-21-16(13)17/h4-9,22H,1-3H3. The molecule has 1 N–H and O–H groups in total. The van der Waals surface area contributed by atoms with Crippen LogP contribution in [0.2, 0.25) is 10.0 Å². The largest absolute Gasteiger partial charge is 0.276 e. The average molecular weight is 395 g/mol. The molecule has 130 valence electrons. The predicted molar refractivity (Wildman–Crippen MR) is 103 cm³/mol. The Balaban J connectivity index is 2.20. The van der Waals surface area contributed by atoms with Crippen molar-refractivity contribution >= 4 is 49.8 Å². The minimum atomic E-state index is -3.84. The van der Waals surface area contributed by atoms with Gasteiger partial charge in [0.2, 0.25) is 0 Å². The van der Waals surface area contributed by atoms with Gasteiger partial charge >= 0.3 is 0 Å². The first-order valence-electron chi connectivity index (χ1n) is 7.54. The fourth-order valence-corrected chi connectivity index (χ4v) is 5.21. The molecule has 0 aliphatic rings. The molecule has 0 spiro atoms. The van der Waals surface area contributed by atoms with E-state index < -0.39 is 10.0 Å². The van der Waals surface area contributed by atoms with Gasteiger partial charge in [-0.1, -0.05) is 40.9 Å². The number of nitrogens with zero attached hydrogens (tertiary/aromatic N) is 1. The molecule has 0 saturated carbocycles. The lowest BCUT2D eigenvalue weighted by atomic mass is 10.1. The van der Waals surface area contributed by atoms with Crippen LogP contribution in [0.25, 0.3) is 10.9 Å². The SMILES string of the molecule is Cc1cc(C)c(S(=O)(=O)Nc2c(Cl)cc(Cl)c3cccnc23)c(C)c1. The van der Waals surface area contributed by atoms with Crippen LogP contribution >= 0.6 is 23.2 Å². The molecule has 0 aliphatic heterocycles. The van der Waals surface area contributed by atoms with Gasteiger partial charge in [-0.25, -0.2) is 8.42 Å². The first-order chi connectivity index (χ1) is 11.7. The molecule has 25 heavy (non-hydrogen) atoms. The first kappa shape index (κ1) is 18.0. The summed E-state index contributed by atoms with van der Waals surface area (Å²) in [6.45, 7) is 5.47. The highest BCUT2D eigenvalue weighted by atomic mass is 35.5. The van der Waals surface area contributed by atoms with Gasteiger partial charge in [0.15, 0.2) is 0 Å². The average Bonchev–Trinajstić information content (AvgIpc) is 2.50. The number of anilines is 1. The minimum absolute atomic E-state index is 0.196. The molecule has 0 fully saturated rings. The zero-order valence-corrected chi connectivity index (χ0v) is 16.2. The summed E-state index contributed by atoms with van der Waals surface area (Å²) in [7, 11) is -3.84. The highest BCUT2D eigenvalue weighted by molar-refractivity contribution is 7.92. The molecule has 4 nitrogen and oxygen atoms in total. The van der Waals surface area contributed by atoms with E-state index in [1.165, 1.54) is 6.07 Å². The van der Waals surface area contributed by atoms with Crippen LogP contribution in [0.5, 0.6) is 0 Å². The molecule has 0 radical (unpaired) electrons. The summed E-state index contributed by atoms with van der Waals surface area (Å²) < 4.78 is 28.6. The highest BCUT2D eigenvalue weighted by Gasteiger charge is 2.23. The van der Waals surface area contributed by atoms with Crippen LogP contribution in [0.4, 0.5) is 5.69 Å². The number of aromatic nitrogens is 1. The number of sulfonamides is 1.